The van der Waals surface area contributed by atoms with E-state index in [1.54, 1.807) is 0 Å². The summed E-state index contributed by atoms with van der Waals surface area (Å²) in [5.74, 6) is -1.75. The third-order valence-electron chi connectivity index (χ3n) is 0.463. The molecule has 42 valence electrons. The van der Waals surface area contributed by atoms with Gasteiger partial charge in [-0.3, -0.25) is 0 Å². The quantitative estimate of drug-likeness (QED) is 0.444. The number of nitrogens with two attached hydrogens (primary N) is 1. The topological polar surface area (TPSA) is 66.2 Å². The molecule has 0 aromatic carbocycles. The van der Waals surface area contributed by atoms with Crippen LogP contribution in [0.4, 0.5) is 4.39 Å². The van der Waals surface area contributed by atoms with Gasteiger partial charge in [0.2, 0.25) is 0 Å². The Hall–Kier alpha value is -0.640. The number of carbonyl (C=O) groups is 1. The molecule has 0 radical (unpaired) electrons. The van der Waals surface area contributed by atoms with Crippen molar-refractivity contribution in [2.75, 3.05) is 6.54 Å². The van der Waals surface area contributed by atoms with Crippen LogP contribution in [0.2, 0.25) is 0 Å². The maximum atomic E-state index is 11.5. The largest absolute Gasteiger partial charge is 0.547 e. The fourth-order valence-corrected chi connectivity index (χ4v) is 0.0962. The first-order valence-electron chi connectivity index (χ1n) is 1.73. The lowest BCUT2D eigenvalue weighted by atomic mass is 10.4. The van der Waals surface area contributed by atoms with Crippen LogP contribution in [0.15, 0.2) is 0 Å². The molecular formula is C3H5FNO2-. The lowest BCUT2D eigenvalue weighted by molar-refractivity contribution is -0.311. The Morgan fingerprint density at radius 3 is 2.43 bits per heavy atom. The molecule has 7 heavy (non-hydrogen) atoms. The van der Waals surface area contributed by atoms with E-state index in [1.807, 2.05) is 0 Å². The monoisotopic (exact) mass is 106 g/mol. The molecule has 0 bridgehead atoms. The van der Waals surface area contributed by atoms with Crippen molar-refractivity contribution in [2.45, 2.75) is 6.17 Å². The molecule has 0 aliphatic carbocycles. The van der Waals surface area contributed by atoms with Crippen molar-refractivity contribution in [3.8, 4) is 0 Å². The summed E-state index contributed by atoms with van der Waals surface area (Å²) in [6.07, 6.45) is -2.01. The molecule has 0 heterocycles. The van der Waals surface area contributed by atoms with Gasteiger partial charge in [0.05, 0.1) is 5.97 Å². The summed E-state index contributed by atoms with van der Waals surface area (Å²) >= 11 is 0. The van der Waals surface area contributed by atoms with Crippen molar-refractivity contribution in [1.29, 1.82) is 0 Å². The van der Waals surface area contributed by atoms with E-state index in [4.69, 9.17) is 0 Å². The van der Waals surface area contributed by atoms with Gasteiger partial charge in [-0.2, -0.15) is 0 Å². The molecule has 0 saturated heterocycles. The maximum absolute atomic E-state index is 11.5. The minimum atomic E-state index is -2.01. The number of rotatable bonds is 2. The Kier molecular flexibility index (Phi) is 2.29. The van der Waals surface area contributed by atoms with Gasteiger partial charge >= 0.3 is 0 Å². The zero-order valence-corrected chi connectivity index (χ0v) is 3.56. The van der Waals surface area contributed by atoms with Crippen LogP contribution >= 0.6 is 0 Å². The molecule has 4 heteroatoms. The first-order valence-corrected chi connectivity index (χ1v) is 1.73. The third kappa shape index (κ3) is 2.11. The van der Waals surface area contributed by atoms with E-state index in [0.29, 0.717) is 0 Å². The van der Waals surface area contributed by atoms with Crippen LogP contribution in [0.5, 0.6) is 0 Å². The van der Waals surface area contributed by atoms with Crippen LogP contribution in [-0.2, 0) is 4.79 Å². The second kappa shape index (κ2) is 2.52. The molecular weight excluding hydrogens is 101 g/mol. The molecule has 3 nitrogen and oxygen atoms in total. The zero-order valence-electron chi connectivity index (χ0n) is 3.56. The molecule has 0 fully saturated rings. The standard InChI is InChI=1S/C3H6FNO2/c4-2(1-5)3(6)7/h2H,1,5H2,(H,6,7)/p-1. The van der Waals surface area contributed by atoms with Gasteiger partial charge in [0.25, 0.3) is 0 Å². The first kappa shape index (κ1) is 6.36. The van der Waals surface area contributed by atoms with Crippen LogP contribution < -0.4 is 10.8 Å². The van der Waals surface area contributed by atoms with E-state index in [2.05, 4.69) is 5.73 Å². The van der Waals surface area contributed by atoms with Crippen LogP contribution in [-0.4, -0.2) is 18.7 Å². The average Bonchev–Trinajstić information content (AvgIpc) is 1.65. The molecule has 0 saturated carbocycles. The van der Waals surface area contributed by atoms with E-state index in [0.717, 1.165) is 0 Å². The number of carboxylic acid groups (broad SMARTS) is 1. The minimum Gasteiger partial charge on any atom is -0.547 e. The van der Waals surface area contributed by atoms with Gasteiger partial charge < -0.3 is 15.6 Å². The van der Waals surface area contributed by atoms with Crippen molar-refractivity contribution in [3.05, 3.63) is 0 Å². The van der Waals surface area contributed by atoms with Crippen LogP contribution in [0.25, 0.3) is 0 Å². The number of hydrogen-bond donors (Lipinski definition) is 1. The second-order valence-corrected chi connectivity index (χ2v) is 1.02. The van der Waals surface area contributed by atoms with Crippen molar-refractivity contribution in [1.82, 2.24) is 0 Å². The Morgan fingerprint density at radius 1 is 2.00 bits per heavy atom. The van der Waals surface area contributed by atoms with E-state index in [9.17, 15) is 14.3 Å². The molecule has 0 aromatic rings. The first-order chi connectivity index (χ1) is 3.18. The van der Waals surface area contributed by atoms with Crippen LogP contribution in [0.1, 0.15) is 0 Å². The van der Waals surface area contributed by atoms with E-state index >= 15 is 0 Å². The number of hydrogen-bond acceptors (Lipinski definition) is 3. The Morgan fingerprint density at radius 2 is 2.43 bits per heavy atom. The summed E-state index contributed by atoms with van der Waals surface area (Å²) in [7, 11) is 0. The number of carboxylic acids is 1. The van der Waals surface area contributed by atoms with E-state index in [-0.39, 0.29) is 0 Å². The van der Waals surface area contributed by atoms with Gasteiger partial charge in [-0.25, -0.2) is 4.39 Å². The maximum Gasteiger partial charge on any atom is 0.151 e. The van der Waals surface area contributed by atoms with Crippen molar-refractivity contribution in [2.24, 2.45) is 5.73 Å². The van der Waals surface area contributed by atoms with Gasteiger partial charge in [0.1, 0.15) is 0 Å². The van der Waals surface area contributed by atoms with Gasteiger partial charge in [0, 0.05) is 6.54 Å². The summed E-state index contributed by atoms with van der Waals surface area (Å²) in [6.45, 7) is -0.512. The molecule has 0 amide bonds. The predicted octanol–water partition coefficient (Wildman–Crippen LogP) is -1.97. The van der Waals surface area contributed by atoms with E-state index in [1.165, 1.54) is 0 Å². The van der Waals surface area contributed by atoms with Gasteiger partial charge in [-0.15, -0.1) is 0 Å². The molecule has 0 aliphatic rings. The highest BCUT2D eigenvalue weighted by Gasteiger charge is 2.00. The summed E-state index contributed by atoms with van der Waals surface area (Å²) in [6, 6.07) is 0. The highest BCUT2D eigenvalue weighted by atomic mass is 19.1. The number of carbonyl (C=O) groups excluding carboxylic acids is 1. The number of alkyl halides is 1. The molecule has 1 unspecified atom stereocenters. The smallest absolute Gasteiger partial charge is 0.151 e. The average molecular weight is 106 g/mol. The molecule has 0 aliphatic heterocycles. The van der Waals surface area contributed by atoms with Crippen molar-refractivity contribution < 1.29 is 14.3 Å². The Bertz CT molecular complexity index is 75.3. The molecule has 0 rings (SSSR count). The van der Waals surface area contributed by atoms with Gasteiger partial charge in [-0.05, 0) is 0 Å². The predicted molar refractivity (Wildman–Crippen MR) is 19.0 cm³/mol. The normalized spacial score (nSPS) is 13.4. The fourth-order valence-electron chi connectivity index (χ4n) is 0.0962. The second-order valence-electron chi connectivity index (χ2n) is 1.02. The summed E-state index contributed by atoms with van der Waals surface area (Å²) in [5.41, 5.74) is 4.58. The molecule has 1 atom stereocenters. The van der Waals surface area contributed by atoms with Crippen LogP contribution in [0, 0.1) is 0 Å². The molecule has 2 N–H and O–H groups in total. The lowest BCUT2D eigenvalue weighted by Gasteiger charge is -2.02. The highest BCUT2D eigenvalue weighted by molar-refractivity contribution is 5.69. The number of aliphatic carboxylic acids is 1. The summed E-state index contributed by atoms with van der Waals surface area (Å²) < 4.78 is 11.5. The summed E-state index contributed by atoms with van der Waals surface area (Å²) in [5, 5.41) is 9.36. The molecule has 0 spiro atoms. The number of halogens is 1. The third-order valence-corrected chi connectivity index (χ3v) is 0.463. The SMILES string of the molecule is NCC(F)C(=O)[O-]. The fraction of sp³-hybridized carbons (Fsp3) is 0.667. The summed E-state index contributed by atoms with van der Waals surface area (Å²) in [4.78, 5) is 9.36. The highest BCUT2D eigenvalue weighted by Crippen LogP contribution is 1.80. The minimum absolute atomic E-state index is 0.512. The lowest BCUT2D eigenvalue weighted by Crippen LogP contribution is -2.37. The Labute approximate surface area is 39.9 Å². The molecule has 0 aromatic heterocycles. The van der Waals surface area contributed by atoms with Crippen molar-refractivity contribution in [3.63, 3.8) is 0 Å². The zero-order chi connectivity index (χ0) is 5.86. The van der Waals surface area contributed by atoms with E-state index < -0.39 is 18.7 Å². The van der Waals surface area contributed by atoms with Crippen molar-refractivity contribution >= 4 is 5.97 Å². The van der Waals surface area contributed by atoms with Gasteiger partial charge in [0.15, 0.2) is 6.17 Å². The van der Waals surface area contributed by atoms with Gasteiger partial charge in [-0.1, -0.05) is 0 Å². The van der Waals surface area contributed by atoms with Crippen LogP contribution in [0.3, 0.4) is 0 Å². The Balaban J connectivity index is 3.34.